The van der Waals surface area contributed by atoms with Crippen LogP contribution in [0.25, 0.3) is 0 Å². The summed E-state index contributed by atoms with van der Waals surface area (Å²) in [5.74, 6) is -0.310. The van der Waals surface area contributed by atoms with Crippen molar-refractivity contribution in [2.24, 2.45) is 5.92 Å². The molecule has 0 aliphatic rings. The Hall–Kier alpha value is -1.42. The normalized spacial score (nSPS) is 12.2. The largest absolute Gasteiger partial charge is 0.395 e. The zero-order valence-corrected chi connectivity index (χ0v) is 11.6. The molecule has 19 heavy (non-hydrogen) atoms. The number of carbonyl (C=O) groups is 1. The Bertz CT molecular complexity index is 409. The van der Waals surface area contributed by atoms with Crippen LogP contribution in [-0.4, -0.2) is 35.6 Å². The van der Waals surface area contributed by atoms with Crippen LogP contribution in [0, 0.1) is 11.7 Å². The molecule has 3 nitrogen and oxygen atoms in total. The second-order valence-electron chi connectivity index (χ2n) is 4.71. The van der Waals surface area contributed by atoms with Gasteiger partial charge in [0.1, 0.15) is 5.82 Å². The average molecular weight is 267 g/mol. The van der Waals surface area contributed by atoms with Gasteiger partial charge in [-0.25, -0.2) is 4.39 Å². The zero-order chi connectivity index (χ0) is 14.3. The van der Waals surface area contributed by atoms with Gasteiger partial charge in [0.25, 0.3) is 0 Å². The molecule has 1 amide bonds. The molecule has 0 fully saturated rings. The maximum absolute atomic E-state index is 13.0. The second kappa shape index (κ2) is 7.89. The van der Waals surface area contributed by atoms with Crippen molar-refractivity contribution in [2.45, 2.75) is 26.7 Å². The monoisotopic (exact) mass is 267 g/mol. The topological polar surface area (TPSA) is 40.5 Å². The molecular weight excluding hydrogens is 245 g/mol. The Balaban J connectivity index is 2.50. The fraction of sp³-hybridized carbons (Fsp3) is 0.533. The SMILES string of the molecule is CCN(CCO)C(=O)C(C)CCc1cccc(F)c1. The summed E-state index contributed by atoms with van der Waals surface area (Å²) in [5.41, 5.74) is 0.907. The van der Waals surface area contributed by atoms with Crippen LogP contribution in [0.1, 0.15) is 25.8 Å². The van der Waals surface area contributed by atoms with Crippen LogP contribution < -0.4 is 0 Å². The van der Waals surface area contributed by atoms with Crippen LogP contribution in [0.15, 0.2) is 24.3 Å². The van der Waals surface area contributed by atoms with Crippen molar-refractivity contribution in [2.75, 3.05) is 19.7 Å². The standard InChI is InChI=1S/C15H22FNO2/c1-3-17(9-10-18)15(19)12(2)7-8-13-5-4-6-14(16)11-13/h4-6,11-12,18H,3,7-10H2,1-2H3. The highest BCUT2D eigenvalue weighted by atomic mass is 19.1. The van der Waals surface area contributed by atoms with E-state index in [0.717, 1.165) is 5.56 Å². The number of aryl methyl sites for hydroxylation is 1. The molecular formula is C15H22FNO2. The van der Waals surface area contributed by atoms with Gasteiger partial charge in [0, 0.05) is 19.0 Å². The molecule has 0 aliphatic carbocycles. The van der Waals surface area contributed by atoms with E-state index in [4.69, 9.17) is 5.11 Å². The van der Waals surface area contributed by atoms with E-state index in [1.807, 2.05) is 19.9 Å². The van der Waals surface area contributed by atoms with Crippen molar-refractivity contribution in [3.8, 4) is 0 Å². The number of nitrogens with zero attached hydrogens (tertiary/aromatic N) is 1. The molecule has 1 aromatic rings. The average Bonchev–Trinajstić information content (AvgIpc) is 2.41. The number of amides is 1. The zero-order valence-electron chi connectivity index (χ0n) is 11.6. The third kappa shape index (κ3) is 4.99. The molecule has 0 saturated heterocycles. The van der Waals surface area contributed by atoms with E-state index in [2.05, 4.69) is 0 Å². The van der Waals surface area contributed by atoms with E-state index in [1.54, 1.807) is 11.0 Å². The summed E-state index contributed by atoms with van der Waals surface area (Å²) in [5, 5.41) is 8.90. The minimum atomic E-state index is -0.244. The van der Waals surface area contributed by atoms with E-state index in [1.165, 1.54) is 12.1 Å². The van der Waals surface area contributed by atoms with Gasteiger partial charge in [-0.3, -0.25) is 4.79 Å². The number of likely N-dealkylation sites (N-methyl/N-ethyl adjacent to an activating group) is 1. The number of carbonyl (C=O) groups excluding carboxylic acids is 1. The van der Waals surface area contributed by atoms with Gasteiger partial charge < -0.3 is 10.0 Å². The summed E-state index contributed by atoms with van der Waals surface area (Å²) in [4.78, 5) is 13.7. The predicted octanol–water partition coefficient (Wildman–Crippen LogP) is 2.24. The first-order valence-electron chi connectivity index (χ1n) is 6.72. The van der Waals surface area contributed by atoms with Gasteiger partial charge in [0.05, 0.1) is 6.61 Å². The second-order valence-corrected chi connectivity index (χ2v) is 4.71. The summed E-state index contributed by atoms with van der Waals surface area (Å²) in [6, 6.07) is 6.47. The molecule has 0 aliphatic heterocycles. The lowest BCUT2D eigenvalue weighted by Gasteiger charge is -2.23. The molecule has 0 saturated carbocycles. The minimum absolute atomic E-state index is 0.0177. The highest BCUT2D eigenvalue weighted by Crippen LogP contribution is 2.13. The lowest BCUT2D eigenvalue weighted by molar-refractivity contribution is -0.135. The van der Waals surface area contributed by atoms with Crippen molar-refractivity contribution in [1.29, 1.82) is 0 Å². The van der Waals surface area contributed by atoms with E-state index in [9.17, 15) is 9.18 Å². The highest BCUT2D eigenvalue weighted by Gasteiger charge is 2.18. The Morgan fingerprint density at radius 1 is 1.47 bits per heavy atom. The van der Waals surface area contributed by atoms with Crippen molar-refractivity contribution in [1.82, 2.24) is 4.90 Å². The van der Waals surface area contributed by atoms with Gasteiger partial charge in [-0.05, 0) is 37.5 Å². The Morgan fingerprint density at radius 2 is 2.21 bits per heavy atom. The smallest absolute Gasteiger partial charge is 0.225 e. The number of hydrogen-bond acceptors (Lipinski definition) is 2. The molecule has 4 heteroatoms. The molecule has 0 spiro atoms. The summed E-state index contributed by atoms with van der Waals surface area (Å²) >= 11 is 0. The molecule has 0 aromatic heterocycles. The summed E-state index contributed by atoms with van der Waals surface area (Å²) < 4.78 is 13.0. The molecule has 0 heterocycles. The van der Waals surface area contributed by atoms with Crippen LogP contribution in [0.5, 0.6) is 0 Å². The van der Waals surface area contributed by atoms with E-state index >= 15 is 0 Å². The lowest BCUT2D eigenvalue weighted by atomic mass is 9.99. The Morgan fingerprint density at radius 3 is 2.79 bits per heavy atom. The summed E-state index contributed by atoms with van der Waals surface area (Å²) in [6.07, 6.45) is 1.37. The van der Waals surface area contributed by atoms with Crippen LogP contribution >= 0.6 is 0 Å². The highest BCUT2D eigenvalue weighted by molar-refractivity contribution is 5.78. The Labute approximate surface area is 114 Å². The van der Waals surface area contributed by atoms with Crippen molar-refractivity contribution < 1.29 is 14.3 Å². The van der Waals surface area contributed by atoms with Gasteiger partial charge in [-0.2, -0.15) is 0 Å². The van der Waals surface area contributed by atoms with E-state index < -0.39 is 0 Å². The maximum atomic E-state index is 13.0. The van der Waals surface area contributed by atoms with E-state index in [0.29, 0.717) is 25.9 Å². The van der Waals surface area contributed by atoms with Gasteiger partial charge in [0.2, 0.25) is 5.91 Å². The molecule has 0 radical (unpaired) electrons. The number of hydrogen-bond donors (Lipinski definition) is 1. The fourth-order valence-corrected chi connectivity index (χ4v) is 2.06. The first kappa shape index (κ1) is 15.6. The number of halogens is 1. The third-order valence-electron chi connectivity index (χ3n) is 3.24. The van der Waals surface area contributed by atoms with Crippen molar-refractivity contribution in [3.63, 3.8) is 0 Å². The number of aliphatic hydroxyl groups excluding tert-OH is 1. The number of benzene rings is 1. The van der Waals surface area contributed by atoms with Crippen molar-refractivity contribution >= 4 is 5.91 Å². The predicted molar refractivity (Wildman–Crippen MR) is 73.2 cm³/mol. The lowest BCUT2D eigenvalue weighted by Crippen LogP contribution is -2.37. The van der Waals surface area contributed by atoms with Gasteiger partial charge in [0.15, 0.2) is 0 Å². The van der Waals surface area contributed by atoms with E-state index in [-0.39, 0.29) is 24.2 Å². The molecule has 0 bridgehead atoms. The first-order chi connectivity index (χ1) is 9.08. The Kier molecular flexibility index (Phi) is 6.50. The third-order valence-corrected chi connectivity index (χ3v) is 3.24. The molecule has 1 rings (SSSR count). The van der Waals surface area contributed by atoms with Crippen LogP contribution in [0.4, 0.5) is 4.39 Å². The van der Waals surface area contributed by atoms with Gasteiger partial charge in [-0.1, -0.05) is 19.1 Å². The summed E-state index contributed by atoms with van der Waals surface area (Å²) in [6.45, 7) is 4.73. The molecule has 1 aromatic carbocycles. The summed E-state index contributed by atoms with van der Waals surface area (Å²) in [7, 11) is 0. The van der Waals surface area contributed by atoms with Crippen LogP contribution in [-0.2, 0) is 11.2 Å². The molecule has 106 valence electrons. The quantitative estimate of drug-likeness (QED) is 0.823. The first-order valence-corrected chi connectivity index (χ1v) is 6.72. The van der Waals surface area contributed by atoms with Crippen LogP contribution in [0.3, 0.4) is 0 Å². The van der Waals surface area contributed by atoms with Gasteiger partial charge in [-0.15, -0.1) is 0 Å². The number of rotatable bonds is 7. The van der Waals surface area contributed by atoms with Crippen molar-refractivity contribution in [3.05, 3.63) is 35.6 Å². The fourth-order valence-electron chi connectivity index (χ4n) is 2.06. The molecule has 1 unspecified atom stereocenters. The number of aliphatic hydroxyl groups is 1. The minimum Gasteiger partial charge on any atom is -0.395 e. The maximum Gasteiger partial charge on any atom is 0.225 e. The molecule has 1 N–H and O–H groups in total. The molecule has 1 atom stereocenters. The van der Waals surface area contributed by atoms with Gasteiger partial charge >= 0.3 is 0 Å². The van der Waals surface area contributed by atoms with Crippen LogP contribution in [0.2, 0.25) is 0 Å².